The van der Waals surface area contributed by atoms with Crippen LogP contribution in [0.5, 0.6) is 0 Å². The Morgan fingerprint density at radius 3 is 2.48 bits per heavy atom. The SMILES string of the molecule is Cc1ccc(C(CNC(=O)c2csc(CCN)n2)N(C)C)cc1.Cl.Cl. The second kappa shape index (κ2) is 11.4. The summed E-state index contributed by atoms with van der Waals surface area (Å²) in [5, 5.41) is 5.67. The van der Waals surface area contributed by atoms with Crippen LogP contribution >= 0.6 is 36.2 Å². The van der Waals surface area contributed by atoms with Crippen molar-refractivity contribution in [3.63, 3.8) is 0 Å². The molecule has 0 fully saturated rings. The van der Waals surface area contributed by atoms with Gasteiger partial charge in [-0.1, -0.05) is 29.8 Å². The molecule has 1 aromatic carbocycles. The largest absolute Gasteiger partial charge is 0.349 e. The summed E-state index contributed by atoms with van der Waals surface area (Å²) in [5.74, 6) is -0.136. The Labute approximate surface area is 165 Å². The first-order valence-corrected chi connectivity index (χ1v) is 8.55. The minimum atomic E-state index is -0.136. The number of likely N-dealkylation sites (N-methyl/N-ethyl adjacent to an activating group) is 1. The van der Waals surface area contributed by atoms with Gasteiger partial charge in [-0.15, -0.1) is 36.2 Å². The summed E-state index contributed by atoms with van der Waals surface area (Å²) in [6, 6.07) is 8.52. The number of nitrogens with zero attached hydrogens (tertiary/aromatic N) is 2. The van der Waals surface area contributed by atoms with Gasteiger partial charge in [0.2, 0.25) is 0 Å². The van der Waals surface area contributed by atoms with Crippen LogP contribution in [0.4, 0.5) is 0 Å². The molecule has 1 atom stereocenters. The molecule has 1 aromatic heterocycles. The standard InChI is InChI=1S/C17H24N4OS.2ClH/c1-12-4-6-13(7-5-12)15(21(2)3)10-19-17(22)14-11-23-16(20-14)8-9-18;;/h4-7,11,15H,8-10,18H2,1-3H3,(H,19,22);2*1H. The third kappa shape index (κ3) is 6.92. The number of nitrogens with one attached hydrogen (secondary N) is 1. The molecule has 0 aliphatic carbocycles. The van der Waals surface area contributed by atoms with Gasteiger partial charge in [0.25, 0.3) is 5.91 Å². The average molecular weight is 405 g/mol. The molecule has 140 valence electrons. The molecule has 1 amide bonds. The molecule has 2 aromatic rings. The Morgan fingerprint density at radius 2 is 1.92 bits per heavy atom. The molecular formula is C17H26Cl2N4OS. The summed E-state index contributed by atoms with van der Waals surface area (Å²) < 4.78 is 0. The number of aryl methyl sites for hydroxylation is 1. The highest BCUT2D eigenvalue weighted by Gasteiger charge is 2.17. The first-order valence-electron chi connectivity index (χ1n) is 7.67. The van der Waals surface area contributed by atoms with E-state index in [9.17, 15) is 4.79 Å². The van der Waals surface area contributed by atoms with Crippen molar-refractivity contribution in [2.75, 3.05) is 27.2 Å². The molecule has 0 saturated carbocycles. The van der Waals surface area contributed by atoms with E-state index < -0.39 is 0 Å². The third-order valence-corrected chi connectivity index (χ3v) is 4.59. The van der Waals surface area contributed by atoms with E-state index in [0.29, 0.717) is 25.2 Å². The molecule has 0 saturated heterocycles. The van der Waals surface area contributed by atoms with Crippen LogP contribution in [-0.4, -0.2) is 43.0 Å². The number of benzene rings is 1. The van der Waals surface area contributed by atoms with Gasteiger partial charge in [0.1, 0.15) is 5.69 Å². The fourth-order valence-corrected chi connectivity index (χ4v) is 3.11. The smallest absolute Gasteiger partial charge is 0.270 e. The van der Waals surface area contributed by atoms with E-state index in [2.05, 4.69) is 46.4 Å². The van der Waals surface area contributed by atoms with Gasteiger partial charge in [-0.3, -0.25) is 4.79 Å². The summed E-state index contributed by atoms with van der Waals surface area (Å²) >= 11 is 1.48. The molecule has 1 unspecified atom stereocenters. The van der Waals surface area contributed by atoms with Crippen LogP contribution in [0.2, 0.25) is 0 Å². The molecule has 2 rings (SSSR count). The van der Waals surface area contributed by atoms with E-state index in [1.807, 2.05) is 14.1 Å². The van der Waals surface area contributed by atoms with Crippen LogP contribution in [0.25, 0.3) is 0 Å². The van der Waals surface area contributed by atoms with Crippen LogP contribution in [0.3, 0.4) is 0 Å². The summed E-state index contributed by atoms with van der Waals surface area (Å²) in [7, 11) is 4.03. The maximum absolute atomic E-state index is 12.3. The Morgan fingerprint density at radius 1 is 1.28 bits per heavy atom. The molecule has 0 aliphatic heterocycles. The molecule has 8 heteroatoms. The molecule has 0 bridgehead atoms. The van der Waals surface area contributed by atoms with Crippen molar-refractivity contribution >= 4 is 42.1 Å². The van der Waals surface area contributed by atoms with Crippen LogP contribution in [0, 0.1) is 6.92 Å². The number of thiazole rings is 1. The molecule has 3 N–H and O–H groups in total. The lowest BCUT2D eigenvalue weighted by molar-refractivity contribution is 0.0937. The zero-order valence-corrected chi connectivity index (χ0v) is 17.1. The van der Waals surface area contributed by atoms with Gasteiger partial charge in [0.05, 0.1) is 11.0 Å². The van der Waals surface area contributed by atoms with Gasteiger partial charge in [-0.05, 0) is 33.1 Å². The van der Waals surface area contributed by atoms with Crippen molar-refractivity contribution in [3.05, 3.63) is 51.5 Å². The Hall–Kier alpha value is -1.18. The maximum Gasteiger partial charge on any atom is 0.270 e. The van der Waals surface area contributed by atoms with E-state index in [1.54, 1.807) is 5.38 Å². The highest BCUT2D eigenvalue weighted by atomic mass is 35.5. The molecule has 0 aliphatic rings. The van der Waals surface area contributed by atoms with Crippen LogP contribution in [0.15, 0.2) is 29.6 Å². The van der Waals surface area contributed by atoms with Crippen molar-refractivity contribution in [1.29, 1.82) is 0 Å². The fourth-order valence-electron chi connectivity index (χ4n) is 2.32. The van der Waals surface area contributed by atoms with E-state index in [0.717, 1.165) is 5.01 Å². The van der Waals surface area contributed by atoms with Gasteiger partial charge in [-0.2, -0.15) is 0 Å². The van der Waals surface area contributed by atoms with Gasteiger partial charge < -0.3 is 16.0 Å². The van der Waals surface area contributed by atoms with Gasteiger partial charge in [-0.25, -0.2) is 4.98 Å². The number of hydrogen-bond donors (Lipinski definition) is 2. The van der Waals surface area contributed by atoms with Gasteiger partial charge in [0, 0.05) is 18.3 Å². The number of rotatable bonds is 7. The average Bonchev–Trinajstić information content (AvgIpc) is 2.98. The summed E-state index contributed by atoms with van der Waals surface area (Å²) in [4.78, 5) is 18.7. The number of aromatic nitrogens is 1. The number of carbonyl (C=O) groups is 1. The van der Waals surface area contributed by atoms with Crippen LogP contribution in [-0.2, 0) is 6.42 Å². The number of carbonyl (C=O) groups excluding carboxylic acids is 1. The van der Waals surface area contributed by atoms with E-state index in [4.69, 9.17) is 5.73 Å². The minimum absolute atomic E-state index is 0. The van der Waals surface area contributed by atoms with Crippen LogP contribution < -0.4 is 11.1 Å². The molecular weight excluding hydrogens is 379 g/mol. The monoisotopic (exact) mass is 404 g/mol. The summed E-state index contributed by atoms with van der Waals surface area (Å²) in [5.41, 5.74) is 8.40. The number of halogens is 2. The number of amides is 1. The minimum Gasteiger partial charge on any atom is -0.349 e. The normalized spacial score (nSPS) is 11.4. The number of hydrogen-bond acceptors (Lipinski definition) is 5. The topological polar surface area (TPSA) is 71.2 Å². The molecule has 1 heterocycles. The van der Waals surface area contributed by atoms with Crippen molar-refractivity contribution in [1.82, 2.24) is 15.2 Å². The lowest BCUT2D eigenvalue weighted by Crippen LogP contribution is -2.34. The Kier molecular flexibility index (Phi) is 10.9. The molecule has 0 radical (unpaired) electrons. The van der Waals surface area contributed by atoms with Crippen molar-refractivity contribution in [2.45, 2.75) is 19.4 Å². The maximum atomic E-state index is 12.3. The van der Waals surface area contributed by atoms with Crippen molar-refractivity contribution in [3.8, 4) is 0 Å². The predicted molar refractivity (Wildman–Crippen MR) is 109 cm³/mol. The van der Waals surface area contributed by atoms with Crippen LogP contribution in [0.1, 0.15) is 32.7 Å². The van der Waals surface area contributed by atoms with Gasteiger partial charge >= 0.3 is 0 Å². The first-order chi connectivity index (χ1) is 11.0. The lowest BCUT2D eigenvalue weighted by Gasteiger charge is -2.25. The molecule has 25 heavy (non-hydrogen) atoms. The predicted octanol–water partition coefficient (Wildman–Crippen LogP) is 2.83. The molecule has 5 nitrogen and oxygen atoms in total. The second-order valence-electron chi connectivity index (χ2n) is 5.77. The third-order valence-electron chi connectivity index (χ3n) is 3.68. The van der Waals surface area contributed by atoms with Gasteiger partial charge in [0.15, 0.2) is 0 Å². The van der Waals surface area contributed by atoms with E-state index >= 15 is 0 Å². The Balaban J connectivity index is 0.00000288. The zero-order valence-electron chi connectivity index (χ0n) is 14.7. The second-order valence-corrected chi connectivity index (χ2v) is 6.71. The Bertz CT molecular complexity index is 646. The quantitative estimate of drug-likeness (QED) is 0.743. The van der Waals surface area contributed by atoms with E-state index in [1.165, 1.54) is 22.5 Å². The fraction of sp³-hybridized carbons (Fsp3) is 0.412. The summed E-state index contributed by atoms with van der Waals surface area (Å²) in [6.45, 7) is 3.15. The van der Waals surface area contributed by atoms with E-state index in [-0.39, 0.29) is 36.8 Å². The first kappa shape index (κ1) is 23.8. The zero-order chi connectivity index (χ0) is 16.8. The van der Waals surface area contributed by atoms with Crippen molar-refractivity contribution < 1.29 is 4.79 Å². The summed E-state index contributed by atoms with van der Waals surface area (Å²) in [6.07, 6.45) is 0.710. The number of nitrogens with two attached hydrogens (primary N) is 1. The highest BCUT2D eigenvalue weighted by molar-refractivity contribution is 7.09. The molecule has 0 spiro atoms. The van der Waals surface area contributed by atoms with Crippen molar-refractivity contribution in [2.24, 2.45) is 5.73 Å². The highest BCUT2D eigenvalue weighted by Crippen LogP contribution is 2.18. The lowest BCUT2D eigenvalue weighted by atomic mass is 10.0.